The van der Waals surface area contributed by atoms with Crippen LogP contribution in [0.15, 0.2) is 53.3 Å². The smallest absolute Gasteiger partial charge is 0.0976 e. The zero-order chi connectivity index (χ0) is 20.1. The van der Waals surface area contributed by atoms with Gasteiger partial charge in [0.05, 0.1) is 22.7 Å². The molecule has 0 radical (unpaired) electrons. The van der Waals surface area contributed by atoms with Crippen LogP contribution in [-0.4, -0.2) is 29.8 Å². The fourth-order valence-electron chi connectivity index (χ4n) is 2.91. The molecule has 0 bridgehead atoms. The Kier molecular flexibility index (Phi) is 6.42. The van der Waals surface area contributed by atoms with Gasteiger partial charge in [-0.1, -0.05) is 43.0 Å². The van der Waals surface area contributed by atoms with Crippen LogP contribution < -0.4 is 0 Å². The van der Waals surface area contributed by atoms with E-state index in [4.69, 9.17) is 4.98 Å². The maximum atomic E-state index is 4.85. The average Bonchev–Trinajstić information content (AvgIpc) is 3.17. The van der Waals surface area contributed by atoms with Gasteiger partial charge in [0.2, 0.25) is 0 Å². The Morgan fingerprint density at radius 3 is 2.57 bits per heavy atom. The van der Waals surface area contributed by atoms with Crippen LogP contribution >= 0.6 is 11.3 Å². The largest absolute Gasteiger partial charge is 0.366 e. The summed E-state index contributed by atoms with van der Waals surface area (Å²) in [6, 6.07) is 12.8. The number of nitrogens with zero attached hydrogens (tertiary/aromatic N) is 3. The number of aryl methyl sites for hydroxylation is 2. The van der Waals surface area contributed by atoms with Crippen molar-refractivity contribution in [2.45, 2.75) is 27.2 Å². The molecule has 3 nitrogen and oxygen atoms in total. The molecule has 4 heteroatoms. The van der Waals surface area contributed by atoms with Crippen molar-refractivity contribution in [1.29, 1.82) is 0 Å². The summed E-state index contributed by atoms with van der Waals surface area (Å²) in [5.74, 6) is 0. The maximum absolute atomic E-state index is 4.85. The molecule has 0 aliphatic heterocycles. The molecule has 0 aliphatic carbocycles. The Morgan fingerprint density at radius 1 is 1.14 bits per heavy atom. The minimum absolute atomic E-state index is 0.848. The third-order valence-electron chi connectivity index (χ3n) is 4.88. The number of thiazole rings is 1. The SMILES string of the molecule is C=Cc1ccc(-c2csc(Cc3cc(C)c(N=CN(C)CC)cc3C)n2)cc1. The van der Waals surface area contributed by atoms with Gasteiger partial charge in [0.15, 0.2) is 0 Å². The maximum Gasteiger partial charge on any atom is 0.0976 e. The summed E-state index contributed by atoms with van der Waals surface area (Å²) in [5.41, 5.74) is 8.09. The third kappa shape index (κ3) is 4.76. The Balaban J connectivity index is 1.78. The third-order valence-corrected chi connectivity index (χ3v) is 5.73. The molecular weight excluding hydrogens is 362 g/mol. The molecule has 28 heavy (non-hydrogen) atoms. The normalized spacial score (nSPS) is 11.1. The van der Waals surface area contributed by atoms with Crippen LogP contribution in [0.25, 0.3) is 17.3 Å². The van der Waals surface area contributed by atoms with Gasteiger partial charge in [-0.05, 0) is 49.1 Å². The topological polar surface area (TPSA) is 28.5 Å². The first-order valence-corrected chi connectivity index (χ1v) is 10.4. The lowest BCUT2D eigenvalue weighted by atomic mass is 10.0. The van der Waals surface area contributed by atoms with E-state index in [1.807, 2.05) is 19.5 Å². The molecule has 0 spiro atoms. The molecule has 1 aromatic heterocycles. The highest BCUT2D eigenvalue weighted by molar-refractivity contribution is 7.10. The highest BCUT2D eigenvalue weighted by atomic mass is 32.1. The predicted molar refractivity (Wildman–Crippen MR) is 123 cm³/mol. The summed E-state index contributed by atoms with van der Waals surface area (Å²) in [6.45, 7) is 11.1. The first-order chi connectivity index (χ1) is 13.5. The van der Waals surface area contributed by atoms with Crippen LogP contribution in [0.1, 0.15) is 34.2 Å². The van der Waals surface area contributed by atoms with Crippen LogP contribution in [0.5, 0.6) is 0 Å². The second-order valence-corrected chi connectivity index (χ2v) is 7.96. The van der Waals surface area contributed by atoms with Crippen molar-refractivity contribution < 1.29 is 0 Å². The van der Waals surface area contributed by atoms with Crippen molar-refractivity contribution in [3.63, 3.8) is 0 Å². The summed E-state index contributed by atoms with van der Waals surface area (Å²) >= 11 is 1.72. The van der Waals surface area contributed by atoms with Crippen molar-refractivity contribution in [1.82, 2.24) is 9.88 Å². The summed E-state index contributed by atoms with van der Waals surface area (Å²) in [6.07, 6.45) is 4.60. The Hall–Kier alpha value is -2.72. The van der Waals surface area contributed by atoms with E-state index in [0.29, 0.717) is 0 Å². The van der Waals surface area contributed by atoms with Crippen LogP contribution in [0.2, 0.25) is 0 Å². The number of hydrogen-bond donors (Lipinski definition) is 0. The van der Waals surface area contributed by atoms with Crippen LogP contribution in [-0.2, 0) is 6.42 Å². The fraction of sp³-hybridized carbons (Fsp3) is 0.250. The zero-order valence-corrected chi connectivity index (χ0v) is 17.9. The number of benzene rings is 2. The summed E-state index contributed by atoms with van der Waals surface area (Å²) in [4.78, 5) is 11.5. The van der Waals surface area contributed by atoms with Gasteiger partial charge in [0.1, 0.15) is 0 Å². The number of aliphatic imine (C=N–C) groups is 1. The lowest BCUT2D eigenvalue weighted by Gasteiger charge is -2.11. The lowest BCUT2D eigenvalue weighted by molar-refractivity contribution is 0.552. The molecule has 1 heterocycles. The van der Waals surface area contributed by atoms with E-state index in [-0.39, 0.29) is 0 Å². The van der Waals surface area contributed by atoms with Crippen molar-refractivity contribution in [3.05, 3.63) is 75.6 Å². The first-order valence-electron chi connectivity index (χ1n) is 9.52. The molecule has 0 saturated heterocycles. The molecular formula is C24H27N3S. The van der Waals surface area contributed by atoms with Gasteiger partial charge in [-0.2, -0.15) is 0 Å². The second kappa shape index (κ2) is 8.98. The average molecular weight is 390 g/mol. The van der Waals surface area contributed by atoms with Crippen molar-refractivity contribution in [3.8, 4) is 11.3 Å². The molecule has 144 valence electrons. The molecule has 0 fully saturated rings. The molecule has 0 atom stereocenters. The monoisotopic (exact) mass is 389 g/mol. The van der Waals surface area contributed by atoms with E-state index in [0.717, 1.165) is 40.5 Å². The van der Waals surface area contributed by atoms with Crippen LogP contribution in [0, 0.1) is 13.8 Å². The molecule has 0 N–H and O–H groups in total. The van der Waals surface area contributed by atoms with E-state index >= 15 is 0 Å². The van der Waals surface area contributed by atoms with Crippen molar-refractivity contribution >= 4 is 29.4 Å². The minimum atomic E-state index is 0.848. The van der Waals surface area contributed by atoms with Crippen LogP contribution in [0.3, 0.4) is 0 Å². The molecule has 2 aromatic carbocycles. The number of hydrogen-bond acceptors (Lipinski definition) is 3. The van der Waals surface area contributed by atoms with Crippen molar-refractivity contribution in [2.24, 2.45) is 4.99 Å². The van der Waals surface area contributed by atoms with E-state index in [1.54, 1.807) is 11.3 Å². The highest BCUT2D eigenvalue weighted by Gasteiger charge is 2.09. The van der Waals surface area contributed by atoms with Crippen molar-refractivity contribution in [2.75, 3.05) is 13.6 Å². The standard InChI is InChI=1S/C24H27N3S/c1-6-19-8-10-20(11-9-19)23-15-28-24(26-23)14-21-12-18(4)22(13-17(21)3)25-16-27(5)7-2/h6,8-13,15-16H,1,7,14H2,2-5H3. The van der Waals surface area contributed by atoms with E-state index < -0.39 is 0 Å². The number of aromatic nitrogens is 1. The Bertz CT molecular complexity index is 984. The van der Waals surface area contributed by atoms with Gasteiger partial charge >= 0.3 is 0 Å². The van der Waals surface area contributed by atoms with Crippen LogP contribution in [0.4, 0.5) is 5.69 Å². The second-order valence-electron chi connectivity index (χ2n) is 7.01. The van der Waals surface area contributed by atoms with Gasteiger partial charge in [-0.3, -0.25) is 0 Å². The van der Waals surface area contributed by atoms with Gasteiger partial charge in [0, 0.05) is 31.0 Å². The van der Waals surface area contributed by atoms with Gasteiger partial charge in [-0.25, -0.2) is 9.98 Å². The molecule has 0 aliphatic rings. The Labute approximate surface area is 172 Å². The fourth-order valence-corrected chi connectivity index (χ4v) is 3.74. The van der Waals surface area contributed by atoms with Gasteiger partial charge in [-0.15, -0.1) is 11.3 Å². The Morgan fingerprint density at radius 2 is 1.89 bits per heavy atom. The molecule has 0 amide bonds. The molecule has 3 aromatic rings. The highest BCUT2D eigenvalue weighted by Crippen LogP contribution is 2.28. The summed E-state index contributed by atoms with van der Waals surface area (Å²) in [7, 11) is 2.03. The quantitative estimate of drug-likeness (QED) is 0.352. The van der Waals surface area contributed by atoms with Gasteiger partial charge < -0.3 is 4.90 Å². The minimum Gasteiger partial charge on any atom is -0.366 e. The van der Waals surface area contributed by atoms with E-state index in [9.17, 15) is 0 Å². The van der Waals surface area contributed by atoms with E-state index in [1.165, 1.54) is 16.7 Å². The molecule has 0 unspecified atom stereocenters. The molecule has 3 rings (SSSR count). The summed E-state index contributed by atoms with van der Waals surface area (Å²) < 4.78 is 0. The number of rotatable bonds is 7. The first kappa shape index (κ1) is 20.0. The van der Waals surface area contributed by atoms with E-state index in [2.05, 4.69) is 79.0 Å². The lowest BCUT2D eigenvalue weighted by Crippen LogP contribution is -2.14. The molecule has 0 saturated carbocycles. The summed E-state index contributed by atoms with van der Waals surface area (Å²) in [5, 5.41) is 3.27. The predicted octanol–water partition coefficient (Wildman–Crippen LogP) is 6.27. The van der Waals surface area contributed by atoms with Gasteiger partial charge in [0.25, 0.3) is 0 Å². The zero-order valence-electron chi connectivity index (χ0n) is 17.1.